The molecule has 1 aromatic heterocycles. The molecular weight excluding hydrogens is 356 g/mol. The number of hydrogen-bond acceptors (Lipinski definition) is 4. The molecule has 5 heteroatoms. The number of hydrogen-bond donors (Lipinski definition) is 1. The average molecular weight is 381 g/mol. The van der Waals surface area contributed by atoms with E-state index < -0.39 is 0 Å². The minimum Gasteiger partial charge on any atom is -0.483 e. The second-order valence-electron chi connectivity index (χ2n) is 7.49. The second kappa shape index (κ2) is 7.92. The standard InChI is InChI=1S/C22H24N2O2S/c1-15-9-11-16(12-10-15)18-14-27-21(23-18)24-20(25)13-26-19-8-6-5-7-17(19)22(2,3)4/h5-12,14H,13H2,1-4H3,(H,23,24,25). The zero-order valence-corrected chi connectivity index (χ0v) is 16.9. The van der Waals surface area contributed by atoms with Crippen LogP contribution in [0.4, 0.5) is 5.13 Å². The van der Waals surface area contributed by atoms with E-state index in [1.807, 2.05) is 60.8 Å². The minimum atomic E-state index is -0.219. The van der Waals surface area contributed by atoms with Gasteiger partial charge in [-0.05, 0) is 24.0 Å². The van der Waals surface area contributed by atoms with Crippen LogP contribution in [0.2, 0.25) is 0 Å². The Morgan fingerprint density at radius 1 is 1.11 bits per heavy atom. The first-order chi connectivity index (χ1) is 12.8. The number of benzene rings is 2. The molecule has 3 rings (SSSR count). The molecule has 0 aliphatic heterocycles. The molecule has 140 valence electrons. The van der Waals surface area contributed by atoms with Gasteiger partial charge in [-0.25, -0.2) is 4.98 Å². The maximum atomic E-state index is 12.3. The van der Waals surface area contributed by atoms with E-state index in [4.69, 9.17) is 4.74 Å². The lowest BCUT2D eigenvalue weighted by atomic mass is 9.86. The van der Waals surface area contributed by atoms with Crippen LogP contribution < -0.4 is 10.1 Å². The summed E-state index contributed by atoms with van der Waals surface area (Å²) in [5.74, 6) is 0.517. The molecule has 2 aromatic carbocycles. The van der Waals surface area contributed by atoms with Crippen LogP contribution in [0.1, 0.15) is 31.9 Å². The van der Waals surface area contributed by atoms with E-state index in [-0.39, 0.29) is 17.9 Å². The van der Waals surface area contributed by atoms with E-state index >= 15 is 0 Å². The van der Waals surface area contributed by atoms with Crippen molar-refractivity contribution in [2.45, 2.75) is 33.1 Å². The van der Waals surface area contributed by atoms with Gasteiger partial charge in [-0.3, -0.25) is 10.1 Å². The molecule has 1 amide bonds. The molecule has 4 nitrogen and oxygen atoms in total. The lowest BCUT2D eigenvalue weighted by molar-refractivity contribution is -0.118. The van der Waals surface area contributed by atoms with Crippen LogP contribution in [0.5, 0.6) is 5.75 Å². The van der Waals surface area contributed by atoms with Crippen LogP contribution in [0.25, 0.3) is 11.3 Å². The van der Waals surface area contributed by atoms with Crippen molar-refractivity contribution < 1.29 is 9.53 Å². The number of rotatable bonds is 5. The predicted molar refractivity (Wildman–Crippen MR) is 112 cm³/mol. The van der Waals surface area contributed by atoms with Gasteiger partial charge in [-0.2, -0.15) is 0 Å². The molecule has 27 heavy (non-hydrogen) atoms. The van der Waals surface area contributed by atoms with Crippen molar-refractivity contribution in [1.29, 1.82) is 0 Å². The molecule has 0 unspecified atom stereocenters. The predicted octanol–water partition coefficient (Wildman–Crippen LogP) is 5.43. The van der Waals surface area contributed by atoms with Crippen LogP contribution in [-0.2, 0) is 10.2 Å². The number of nitrogens with zero attached hydrogens (tertiary/aromatic N) is 1. The fourth-order valence-corrected chi connectivity index (χ4v) is 3.43. The van der Waals surface area contributed by atoms with Gasteiger partial charge in [-0.1, -0.05) is 68.8 Å². The average Bonchev–Trinajstić information content (AvgIpc) is 3.08. The molecule has 0 aliphatic carbocycles. The molecule has 0 bridgehead atoms. The number of carbonyl (C=O) groups is 1. The summed E-state index contributed by atoms with van der Waals surface area (Å²) in [4.78, 5) is 16.8. The number of aryl methyl sites for hydroxylation is 1. The Labute approximate surface area is 164 Å². The van der Waals surface area contributed by atoms with Crippen molar-refractivity contribution in [1.82, 2.24) is 4.98 Å². The van der Waals surface area contributed by atoms with Gasteiger partial charge < -0.3 is 4.74 Å². The highest BCUT2D eigenvalue weighted by atomic mass is 32.1. The summed E-state index contributed by atoms with van der Waals surface area (Å²) in [6.45, 7) is 8.37. The summed E-state index contributed by atoms with van der Waals surface area (Å²) < 4.78 is 5.77. The normalized spacial score (nSPS) is 11.3. The van der Waals surface area contributed by atoms with Gasteiger partial charge in [0.15, 0.2) is 11.7 Å². The number of anilines is 1. The number of amides is 1. The first-order valence-electron chi connectivity index (χ1n) is 8.87. The number of ether oxygens (including phenoxy) is 1. The quantitative estimate of drug-likeness (QED) is 0.642. The third kappa shape index (κ3) is 4.95. The lowest BCUT2D eigenvalue weighted by Crippen LogP contribution is -2.21. The molecule has 0 atom stereocenters. The van der Waals surface area contributed by atoms with Crippen LogP contribution in [-0.4, -0.2) is 17.5 Å². The van der Waals surface area contributed by atoms with Crippen LogP contribution >= 0.6 is 11.3 Å². The van der Waals surface area contributed by atoms with Gasteiger partial charge in [0.1, 0.15) is 5.75 Å². The van der Waals surface area contributed by atoms with Gasteiger partial charge in [0.2, 0.25) is 0 Å². The Hall–Kier alpha value is -2.66. The Bertz CT molecular complexity index is 924. The zero-order valence-electron chi connectivity index (χ0n) is 16.1. The Kier molecular flexibility index (Phi) is 5.61. The highest BCUT2D eigenvalue weighted by Gasteiger charge is 2.19. The molecule has 0 spiro atoms. The first kappa shape index (κ1) is 19.1. The number of thiazole rings is 1. The van der Waals surface area contributed by atoms with Gasteiger partial charge in [0.25, 0.3) is 5.91 Å². The van der Waals surface area contributed by atoms with E-state index in [9.17, 15) is 4.79 Å². The van der Waals surface area contributed by atoms with Gasteiger partial charge in [0.05, 0.1) is 5.69 Å². The number of nitrogens with one attached hydrogen (secondary N) is 1. The van der Waals surface area contributed by atoms with Crippen molar-refractivity contribution in [2.75, 3.05) is 11.9 Å². The topological polar surface area (TPSA) is 51.2 Å². The zero-order chi connectivity index (χ0) is 19.4. The Morgan fingerprint density at radius 2 is 1.81 bits per heavy atom. The number of para-hydroxylation sites is 1. The highest BCUT2D eigenvalue weighted by molar-refractivity contribution is 7.14. The second-order valence-corrected chi connectivity index (χ2v) is 8.35. The van der Waals surface area contributed by atoms with Crippen LogP contribution in [0, 0.1) is 6.92 Å². The SMILES string of the molecule is Cc1ccc(-c2csc(NC(=O)COc3ccccc3C(C)(C)C)n2)cc1. The first-order valence-corrected chi connectivity index (χ1v) is 9.75. The molecule has 1 N–H and O–H groups in total. The number of aromatic nitrogens is 1. The third-order valence-corrected chi connectivity index (χ3v) is 4.91. The molecule has 0 radical (unpaired) electrons. The van der Waals surface area contributed by atoms with Crippen LogP contribution in [0.3, 0.4) is 0 Å². The van der Waals surface area contributed by atoms with Crippen molar-refractivity contribution in [2.24, 2.45) is 0 Å². The highest BCUT2D eigenvalue weighted by Crippen LogP contribution is 2.31. The van der Waals surface area contributed by atoms with E-state index in [0.717, 1.165) is 22.6 Å². The summed E-state index contributed by atoms with van der Waals surface area (Å²) >= 11 is 1.41. The minimum absolute atomic E-state index is 0.0491. The molecule has 0 fully saturated rings. The Balaban J connectivity index is 1.62. The third-order valence-electron chi connectivity index (χ3n) is 4.15. The van der Waals surface area contributed by atoms with Crippen molar-refractivity contribution in [3.63, 3.8) is 0 Å². The van der Waals surface area contributed by atoms with Crippen LogP contribution in [0.15, 0.2) is 53.9 Å². The maximum Gasteiger partial charge on any atom is 0.264 e. The molecule has 1 heterocycles. The molecule has 0 saturated heterocycles. The van der Waals surface area contributed by atoms with Crippen molar-refractivity contribution in [3.8, 4) is 17.0 Å². The molecule has 3 aromatic rings. The monoisotopic (exact) mass is 380 g/mol. The van der Waals surface area contributed by atoms with Gasteiger partial charge >= 0.3 is 0 Å². The largest absolute Gasteiger partial charge is 0.483 e. The number of carbonyl (C=O) groups excluding carboxylic acids is 1. The maximum absolute atomic E-state index is 12.3. The summed E-state index contributed by atoms with van der Waals surface area (Å²) in [5, 5.41) is 5.33. The van der Waals surface area contributed by atoms with Gasteiger partial charge in [-0.15, -0.1) is 11.3 Å². The molecule has 0 saturated carbocycles. The van der Waals surface area contributed by atoms with Gasteiger partial charge in [0, 0.05) is 10.9 Å². The fourth-order valence-electron chi connectivity index (χ4n) is 2.70. The van der Waals surface area contributed by atoms with E-state index in [2.05, 4.69) is 31.1 Å². The van der Waals surface area contributed by atoms with E-state index in [1.165, 1.54) is 16.9 Å². The fraction of sp³-hybridized carbons (Fsp3) is 0.273. The van der Waals surface area contributed by atoms with Crippen molar-refractivity contribution in [3.05, 3.63) is 65.0 Å². The summed E-state index contributed by atoms with van der Waals surface area (Å²) in [5.41, 5.74) is 4.12. The van der Waals surface area contributed by atoms with E-state index in [0.29, 0.717) is 5.13 Å². The summed E-state index contributed by atoms with van der Waals surface area (Å²) in [6, 6.07) is 16.0. The smallest absolute Gasteiger partial charge is 0.264 e. The molecular formula is C22H24N2O2S. The van der Waals surface area contributed by atoms with Crippen molar-refractivity contribution >= 4 is 22.4 Å². The molecule has 0 aliphatic rings. The summed E-state index contributed by atoms with van der Waals surface area (Å²) in [6.07, 6.45) is 0. The lowest BCUT2D eigenvalue weighted by Gasteiger charge is -2.22. The van der Waals surface area contributed by atoms with E-state index in [1.54, 1.807) is 0 Å². The Morgan fingerprint density at radius 3 is 2.52 bits per heavy atom. The summed E-state index contributed by atoms with van der Waals surface area (Å²) in [7, 11) is 0.